The van der Waals surface area contributed by atoms with E-state index in [1.54, 1.807) is 18.2 Å². The zero-order chi connectivity index (χ0) is 34.2. The number of benzene rings is 2. The zero-order valence-electron chi connectivity index (χ0n) is 27.4. The number of amides is 2. The number of piperidine rings is 1. The maximum atomic E-state index is 15.2. The molecule has 1 aliphatic rings. The van der Waals surface area contributed by atoms with Crippen molar-refractivity contribution in [3.63, 3.8) is 0 Å². The van der Waals surface area contributed by atoms with Crippen molar-refractivity contribution in [2.24, 2.45) is 11.3 Å². The number of aromatic nitrogens is 3. The quantitative estimate of drug-likeness (QED) is 0.222. The molecule has 5 rings (SSSR count). The number of anilines is 1. The lowest BCUT2D eigenvalue weighted by molar-refractivity contribution is 0.0943. The van der Waals surface area contributed by atoms with Crippen LogP contribution in [0.1, 0.15) is 63.4 Å². The lowest BCUT2D eigenvalue weighted by Gasteiger charge is -2.41. The third kappa shape index (κ3) is 6.96. The number of carbonyl (C=O) groups is 2. The van der Waals surface area contributed by atoms with Crippen LogP contribution in [0.3, 0.4) is 0 Å². The summed E-state index contributed by atoms with van der Waals surface area (Å²) in [6.07, 6.45) is 0.187. The summed E-state index contributed by atoms with van der Waals surface area (Å²) < 4.78 is 31.3. The van der Waals surface area contributed by atoms with Gasteiger partial charge in [-0.1, -0.05) is 32.9 Å². The van der Waals surface area contributed by atoms with E-state index in [0.717, 1.165) is 22.3 Å². The van der Waals surface area contributed by atoms with Crippen LogP contribution in [-0.4, -0.2) is 56.8 Å². The first-order valence-corrected chi connectivity index (χ1v) is 15.7. The number of fused-ring (bicyclic) bond motifs is 1. The summed E-state index contributed by atoms with van der Waals surface area (Å²) in [4.78, 5) is 49.6. The number of halogens is 2. The summed E-state index contributed by atoms with van der Waals surface area (Å²) >= 11 is 0. The van der Waals surface area contributed by atoms with E-state index in [0.29, 0.717) is 48.1 Å². The molecule has 1 unspecified atom stereocenters. The highest BCUT2D eigenvalue weighted by Crippen LogP contribution is 2.36. The molecule has 3 heterocycles. The van der Waals surface area contributed by atoms with Crippen molar-refractivity contribution >= 4 is 29.0 Å². The predicted molar refractivity (Wildman–Crippen MR) is 177 cm³/mol. The van der Waals surface area contributed by atoms with Crippen LogP contribution < -0.4 is 21.1 Å². The Bertz CT molecular complexity index is 1870. The molecule has 1 fully saturated rings. The molecule has 1 atom stereocenters. The Morgan fingerprint density at radius 2 is 1.64 bits per heavy atom. The molecule has 0 aliphatic carbocycles. The van der Waals surface area contributed by atoms with Crippen molar-refractivity contribution < 1.29 is 23.5 Å². The third-order valence-electron chi connectivity index (χ3n) is 8.58. The number of para-hydroxylation sites is 1. The van der Waals surface area contributed by atoms with Gasteiger partial charge in [-0.3, -0.25) is 14.2 Å². The van der Waals surface area contributed by atoms with E-state index in [2.05, 4.69) is 10.6 Å². The molecular formula is C35H40F2N6O4. The number of carboxylic acid groups (broad SMARTS) is 1. The Kier molecular flexibility index (Phi) is 9.33. The van der Waals surface area contributed by atoms with E-state index in [1.165, 1.54) is 18.2 Å². The van der Waals surface area contributed by atoms with Gasteiger partial charge in [-0.05, 0) is 80.8 Å². The van der Waals surface area contributed by atoms with Gasteiger partial charge in [0.25, 0.3) is 11.5 Å². The molecule has 10 nitrogen and oxygen atoms in total. The Labute approximate surface area is 271 Å². The van der Waals surface area contributed by atoms with Crippen molar-refractivity contribution in [3.05, 3.63) is 81.6 Å². The van der Waals surface area contributed by atoms with Crippen LogP contribution in [0.5, 0.6) is 0 Å². The number of hydrogen-bond donors (Lipinski definition) is 3. The zero-order valence-corrected chi connectivity index (χ0v) is 27.4. The minimum atomic E-state index is -1.08. The molecule has 47 heavy (non-hydrogen) atoms. The summed E-state index contributed by atoms with van der Waals surface area (Å²) in [6, 6.07) is 11.0. The molecule has 2 aromatic heterocycles. The Morgan fingerprint density at radius 1 is 0.979 bits per heavy atom. The van der Waals surface area contributed by atoms with Gasteiger partial charge in [0, 0.05) is 47.8 Å². The molecule has 248 valence electrons. The van der Waals surface area contributed by atoms with Crippen molar-refractivity contribution in [1.82, 2.24) is 25.2 Å². The molecule has 0 bridgehead atoms. The van der Waals surface area contributed by atoms with Gasteiger partial charge in [-0.2, -0.15) is 4.98 Å². The number of hydrogen-bond acceptors (Lipinski definition) is 6. The summed E-state index contributed by atoms with van der Waals surface area (Å²) in [5.41, 5.74) is 0.663. The number of nitrogens with zero attached hydrogens (tertiary/aromatic N) is 4. The normalized spacial score (nSPS) is 14.8. The highest BCUT2D eigenvalue weighted by molar-refractivity contribution is 5.98. The highest BCUT2D eigenvalue weighted by Gasteiger charge is 2.36. The molecule has 0 spiro atoms. The smallest absolute Gasteiger partial charge is 0.404 e. The summed E-state index contributed by atoms with van der Waals surface area (Å²) in [5, 5.41) is 15.5. The fraction of sp³-hybridized carbons (Fsp3) is 0.400. The molecule has 1 saturated heterocycles. The summed E-state index contributed by atoms with van der Waals surface area (Å²) in [6.45, 7) is 12.5. The van der Waals surface area contributed by atoms with Crippen molar-refractivity contribution in [2.75, 3.05) is 18.0 Å². The lowest BCUT2D eigenvalue weighted by Crippen LogP contribution is -2.51. The summed E-state index contributed by atoms with van der Waals surface area (Å²) in [5.74, 6) is -1.83. The highest BCUT2D eigenvalue weighted by atomic mass is 19.1. The van der Waals surface area contributed by atoms with Gasteiger partial charge in [0.1, 0.15) is 17.3 Å². The van der Waals surface area contributed by atoms with Crippen molar-refractivity contribution in [2.45, 2.75) is 66.5 Å². The fourth-order valence-electron chi connectivity index (χ4n) is 6.34. The van der Waals surface area contributed by atoms with E-state index >= 15 is 8.78 Å². The maximum Gasteiger partial charge on any atom is 0.404 e. The molecule has 4 aromatic rings. The molecule has 1 aliphatic heterocycles. The van der Waals surface area contributed by atoms with Gasteiger partial charge in [0.15, 0.2) is 5.65 Å². The first-order chi connectivity index (χ1) is 22.1. The SMILES string of the molecule is Cc1ccc(C(=O)NC(C)C)cc1-c1nc(N2CCC(C(NC(=O)O)C(C)(C)C)CC2)nc2c1ccc(=O)n2-c1c(F)cccc1F. The van der Waals surface area contributed by atoms with Crippen LogP contribution in [0.2, 0.25) is 0 Å². The van der Waals surface area contributed by atoms with Crippen LogP contribution in [0, 0.1) is 29.9 Å². The monoisotopic (exact) mass is 646 g/mol. The first-order valence-electron chi connectivity index (χ1n) is 15.7. The average molecular weight is 647 g/mol. The Hall–Kier alpha value is -4.87. The largest absolute Gasteiger partial charge is 0.465 e. The van der Waals surface area contributed by atoms with Crippen LogP contribution in [-0.2, 0) is 0 Å². The van der Waals surface area contributed by atoms with E-state index in [4.69, 9.17) is 9.97 Å². The van der Waals surface area contributed by atoms with Crippen molar-refractivity contribution in [3.8, 4) is 16.9 Å². The van der Waals surface area contributed by atoms with E-state index < -0.39 is 29.0 Å². The van der Waals surface area contributed by atoms with E-state index in [1.807, 2.05) is 46.4 Å². The predicted octanol–water partition coefficient (Wildman–Crippen LogP) is 6.07. The number of nitrogens with one attached hydrogen (secondary N) is 2. The number of carbonyl (C=O) groups excluding carboxylic acids is 1. The van der Waals surface area contributed by atoms with Crippen molar-refractivity contribution in [1.29, 1.82) is 0 Å². The van der Waals surface area contributed by atoms with Crippen LogP contribution in [0.25, 0.3) is 28.0 Å². The molecule has 3 N–H and O–H groups in total. The molecule has 12 heteroatoms. The maximum absolute atomic E-state index is 15.2. The second kappa shape index (κ2) is 13.1. The van der Waals surface area contributed by atoms with Crippen LogP contribution in [0.4, 0.5) is 19.5 Å². The van der Waals surface area contributed by atoms with E-state index in [9.17, 15) is 19.5 Å². The Morgan fingerprint density at radius 3 is 2.23 bits per heavy atom. The topological polar surface area (TPSA) is 129 Å². The standard InChI is InChI=1S/C35H40F2N6O4/c1-19(2)38-32(45)22-11-10-20(3)24(18-22)28-23-12-13-27(44)43(29-25(36)8-7-9-26(29)37)31(23)41-33(39-28)42-16-14-21(15-17-42)30(35(4,5)6)40-34(46)47/h7-13,18-19,21,30,40H,14-17H2,1-6H3,(H,38,45)(H,46,47). The lowest BCUT2D eigenvalue weighted by atomic mass is 9.75. The molecule has 2 aromatic carbocycles. The molecular weight excluding hydrogens is 606 g/mol. The van der Waals surface area contributed by atoms with Gasteiger partial charge in [0.2, 0.25) is 5.95 Å². The van der Waals surface area contributed by atoms with Gasteiger partial charge in [0.05, 0.1) is 5.69 Å². The third-order valence-corrected chi connectivity index (χ3v) is 8.58. The number of aryl methyl sites for hydroxylation is 1. The first kappa shape index (κ1) is 33.5. The minimum absolute atomic E-state index is 0.0140. The average Bonchev–Trinajstić information content (AvgIpc) is 2.99. The second-order valence-corrected chi connectivity index (χ2v) is 13.5. The second-order valence-electron chi connectivity index (χ2n) is 13.5. The van der Waals surface area contributed by atoms with Gasteiger partial charge in [-0.15, -0.1) is 0 Å². The van der Waals surface area contributed by atoms with Gasteiger partial charge >= 0.3 is 6.09 Å². The fourth-order valence-corrected chi connectivity index (χ4v) is 6.34. The number of rotatable bonds is 7. The molecule has 2 amide bonds. The van der Waals surface area contributed by atoms with E-state index in [-0.39, 0.29) is 40.9 Å². The Balaban J connectivity index is 1.69. The van der Waals surface area contributed by atoms with Crippen LogP contribution in [0.15, 0.2) is 53.3 Å². The summed E-state index contributed by atoms with van der Waals surface area (Å²) in [7, 11) is 0. The molecule has 0 saturated carbocycles. The molecule has 0 radical (unpaired) electrons. The minimum Gasteiger partial charge on any atom is -0.465 e. The van der Waals surface area contributed by atoms with Crippen LogP contribution >= 0.6 is 0 Å². The van der Waals surface area contributed by atoms with Gasteiger partial charge in [-0.25, -0.2) is 18.6 Å². The number of pyridine rings is 1. The van der Waals surface area contributed by atoms with Gasteiger partial charge < -0.3 is 20.6 Å².